The monoisotopic (exact) mass is 346 g/mol. The molecule has 1 aliphatic rings. The Bertz CT molecular complexity index is 781. The van der Waals surface area contributed by atoms with Crippen molar-refractivity contribution in [1.29, 1.82) is 0 Å². The molecular formula is C18H16ClFN2O2. The molecule has 0 bridgehead atoms. The second kappa shape index (κ2) is 7.01. The van der Waals surface area contributed by atoms with Crippen molar-refractivity contribution < 1.29 is 14.0 Å². The molecule has 124 valence electrons. The van der Waals surface area contributed by atoms with E-state index in [1.165, 1.54) is 18.2 Å². The fourth-order valence-corrected chi connectivity index (χ4v) is 2.73. The van der Waals surface area contributed by atoms with Gasteiger partial charge in [0.1, 0.15) is 5.82 Å². The van der Waals surface area contributed by atoms with Crippen LogP contribution in [0.4, 0.5) is 10.1 Å². The molecule has 1 aliphatic carbocycles. The minimum absolute atomic E-state index is 0.172. The van der Waals surface area contributed by atoms with Gasteiger partial charge in [-0.15, -0.1) is 0 Å². The molecule has 2 N–H and O–H groups in total. The van der Waals surface area contributed by atoms with Crippen molar-refractivity contribution in [3.63, 3.8) is 0 Å². The van der Waals surface area contributed by atoms with E-state index in [9.17, 15) is 14.0 Å². The van der Waals surface area contributed by atoms with Crippen molar-refractivity contribution in [3.05, 3.63) is 64.9 Å². The lowest BCUT2D eigenvalue weighted by atomic mass is 10.2. The summed E-state index contributed by atoms with van der Waals surface area (Å²) >= 11 is 6.04. The first-order valence-electron chi connectivity index (χ1n) is 7.62. The maximum atomic E-state index is 13.1. The highest BCUT2D eigenvalue weighted by molar-refractivity contribution is 6.31. The molecule has 2 aromatic carbocycles. The quantitative estimate of drug-likeness (QED) is 0.872. The average Bonchev–Trinajstić information content (AvgIpc) is 3.35. The summed E-state index contributed by atoms with van der Waals surface area (Å²) in [5.41, 5.74) is 1.22. The highest BCUT2D eigenvalue weighted by atomic mass is 35.5. The molecule has 1 fully saturated rings. The summed E-state index contributed by atoms with van der Waals surface area (Å²) in [5, 5.41) is 6.02. The van der Waals surface area contributed by atoms with E-state index < -0.39 is 5.82 Å². The number of hydrogen-bond donors (Lipinski definition) is 2. The van der Waals surface area contributed by atoms with Crippen LogP contribution in [0.25, 0.3) is 0 Å². The maximum absolute atomic E-state index is 13.1. The fourth-order valence-electron chi connectivity index (χ4n) is 2.53. The lowest BCUT2D eigenvalue weighted by Crippen LogP contribution is -2.27. The van der Waals surface area contributed by atoms with Gasteiger partial charge in [0.2, 0.25) is 11.8 Å². The van der Waals surface area contributed by atoms with Crippen LogP contribution in [0.1, 0.15) is 12.0 Å². The van der Waals surface area contributed by atoms with Gasteiger partial charge in [0.15, 0.2) is 0 Å². The molecule has 2 atom stereocenters. The molecule has 6 heteroatoms. The third-order valence-corrected chi connectivity index (χ3v) is 4.34. The largest absolute Gasteiger partial charge is 0.352 e. The summed E-state index contributed by atoms with van der Waals surface area (Å²) in [4.78, 5) is 24.2. The molecular weight excluding hydrogens is 331 g/mol. The van der Waals surface area contributed by atoms with Crippen LogP contribution in [0.3, 0.4) is 0 Å². The fraction of sp³-hybridized carbons (Fsp3) is 0.222. The molecule has 0 heterocycles. The SMILES string of the molecule is O=C(NCc1ccccc1Cl)C1CC1C(=O)Nc1cccc(F)c1. The third-order valence-electron chi connectivity index (χ3n) is 3.97. The normalized spacial score (nSPS) is 18.8. The van der Waals surface area contributed by atoms with Gasteiger partial charge in [-0.3, -0.25) is 9.59 Å². The van der Waals surface area contributed by atoms with Gasteiger partial charge in [0.05, 0.1) is 11.8 Å². The standard InChI is InChI=1S/C18H16ClFN2O2/c19-16-7-2-1-4-11(16)10-21-17(23)14-9-15(14)18(24)22-13-6-3-5-12(20)8-13/h1-8,14-15H,9-10H2,(H,21,23)(H,22,24). The van der Waals surface area contributed by atoms with Crippen molar-refractivity contribution in [2.45, 2.75) is 13.0 Å². The van der Waals surface area contributed by atoms with Gasteiger partial charge in [-0.1, -0.05) is 35.9 Å². The van der Waals surface area contributed by atoms with Gasteiger partial charge in [-0.05, 0) is 36.2 Å². The smallest absolute Gasteiger partial charge is 0.228 e. The zero-order chi connectivity index (χ0) is 17.1. The number of halogens is 2. The van der Waals surface area contributed by atoms with E-state index in [0.29, 0.717) is 23.7 Å². The van der Waals surface area contributed by atoms with Gasteiger partial charge in [-0.25, -0.2) is 4.39 Å². The van der Waals surface area contributed by atoms with Crippen LogP contribution < -0.4 is 10.6 Å². The summed E-state index contributed by atoms with van der Waals surface area (Å²) in [6.45, 7) is 0.327. The van der Waals surface area contributed by atoms with Crippen LogP contribution in [0, 0.1) is 17.7 Å². The van der Waals surface area contributed by atoms with Crippen LogP contribution in [-0.2, 0) is 16.1 Å². The Labute approximate surface area is 144 Å². The van der Waals surface area contributed by atoms with Crippen LogP contribution in [0.5, 0.6) is 0 Å². The Hall–Kier alpha value is -2.40. The van der Waals surface area contributed by atoms with E-state index in [1.807, 2.05) is 18.2 Å². The summed E-state index contributed by atoms with van der Waals surface area (Å²) in [6.07, 6.45) is 0.496. The molecule has 0 spiro atoms. The third kappa shape index (κ3) is 3.92. The molecule has 2 amide bonds. The van der Waals surface area contributed by atoms with Crippen LogP contribution >= 0.6 is 11.6 Å². The number of rotatable bonds is 5. The minimum atomic E-state index is -0.419. The van der Waals surface area contributed by atoms with Crippen LogP contribution in [-0.4, -0.2) is 11.8 Å². The van der Waals surface area contributed by atoms with Crippen LogP contribution in [0.15, 0.2) is 48.5 Å². The molecule has 2 aromatic rings. The summed E-state index contributed by atoms with van der Waals surface area (Å²) in [7, 11) is 0. The maximum Gasteiger partial charge on any atom is 0.228 e. The van der Waals surface area contributed by atoms with Gasteiger partial charge in [-0.2, -0.15) is 0 Å². The average molecular weight is 347 g/mol. The van der Waals surface area contributed by atoms with Gasteiger partial charge < -0.3 is 10.6 Å². The number of carbonyl (C=O) groups is 2. The number of amides is 2. The zero-order valence-electron chi connectivity index (χ0n) is 12.8. The number of benzene rings is 2. The predicted molar refractivity (Wildman–Crippen MR) is 89.9 cm³/mol. The summed E-state index contributed by atoms with van der Waals surface area (Å²) < 4.78 is 13.1. The molecule has 0 aliphatic heterocycles. The molecule has 1 saturated carbocycles. The summed E-state index contributed by atoms with van der Waals surface area (Å²) in [5.74, 6) is -1.58. The van der Waals surface area contributed by atoms with E-state index in [1.54, 1.807) is 12.1 Å². The number of nitrogens with one attached hydrogen (secondary N) is 2. The second-order valence-corrected chi connectivity index (χ2v) is 6.16. The molecule has 2 unspecified atom stereocenters. The summed E-state index contributed by atoms with van der Waals surface area (Å²) in [6, 6.07) is 12.9. The first-order valence-corrected chi connectivity index (χ1v) is 8.00. The molecule has 4 nitrogen and oxygen atoms in total. The van der Waals surface area contributed by atoms with Crippen molar-refractivity contribution in [1.82, 2.24) is 5.32 Å². The molecule has 0 radical (unpaired) electrons. The van der Waals surface area contributed by atoms with E-state index in [-0.39, 0.29) is 23.7 Å². The zero-order valence-corrected chi connectivity index (χ0v) is 13.5. The van der Waals surface area contributed by atoms with Crippen molar-refractivity contribution in [3.8, 4) is 0 Å². The van der Waals surface area contributed by atoms with Crippen LogP contribution in [0.2, 0.25) is 5.02 Å². The highest BCUT2D eigenvalue weighted by Gasteiger charge is 2.47. The lowest BCUT2D eigenvalue weighted by molar-refractivity contribution is -0.125. The first kappa shape index (κ1) is 16.5. The number of anilines is 1. The minimum Gasteiger partial charge on any atom is -0.352 e. The van der Waals surface area contributed by atoms with Gasteiger partial charge >= 0.3 is 0 Å². The first-order chi connectivity index (χ1) is 11.5. The number of carbonyl (C=O) groups excluding carboxylic acids is 2. The molecule has 0 aromatic heterocycles. The van der Waals surface area contributed by atoms with Crippen molar-refractivity contribution >= 4 is 29.1 Å². The Kier molecular flexibility index (Phi) is 4.81. The van der Waals surface area contributed by atoms with Gasteiger partial charge in [0, 0.05) is 17.3 Å². The van der Waals surface area contributed by atoms with E-state index in [0.717, 1.165) is 5.56 Å². The Morgan fingerprint density at radius 1 is 1.08 bits per heavy atom. The molecule has 3 rings (SSSR count). The van der Waals surface area contributed by atoms with E-state index in [4.69, 9.17) is 11.6 Å². The lowest BCUT2D eigenvalue weighted by Gasteiger charge is -2.07. The van der Waals surface area contributed by atoms with Gasteiger partial charge in [0.25, 0.3) is 0 Å². The molecule has 24 heavy (non-hydrogen) atoms. The Balaban J connectivity index is 1.50. The second-order valence-electron chi connectivity index (χ2n) is 5.76. The topological polar surface area (TPSA) is 58.2 Å². The van der Waals surface area contributed by atoms with Crippen molar-refractivity contribution in [2.24, 2.45) is 11.8 Å². The van der Waals surface area contributed by atoms with Crippen molar-refractivity contribution in [2.75, 3.05) is 5.32 Å². The predicted octanol–water partition coefficient (Wildman–Crippen LogP) is 3.37. The van der Waals surface area contributed by atoms with E-state index >= 15 is 0 Å². The number of hydrogen-bond acceptors (Lipinski definition) is 2. The highest BCUT2D eigenvalue weighted by Crippen LogP contribution is 2.39. The Morgan fingerprint density at radius 3 is 2.58 bits per heavy atom. The van der Waals surface area contributed by atoms with E-state index in [2.05, 4.69) is 10.6 Å². The molecule has 0 saturated heterocycles. The Morgan fingerprint density at radius 2 is 1.83 bits per heavy atom.